The second-order valence-corrected chi connectivity index (χ2v) is 4.79. The molecule has 0 radical (unpaired) electrons. The molecule has 2 heterocycles. The number of nitrogen functional groups attached to an aromatic ring is 1. The molecule has 0 fully saturated rings. The Hall–Kier alpha value is -2.62. The Kier molecular flexibility index (Phi) is 5.39. The van der Waals surface area contributed by atoms with Gasteiger partial charge in [-0.25, -0.2) is 9.97 Å². The highest BCUT2D eigenvalue weighted by Crippen LogP contribution is 2.32. The van der Waals surface area contributed by atoms with Crippen molar-refractivity contribution in [1.29, 1.82) is 0 Å². The molecule has 2 aromatic heterocycles. The molecule has 2 rings (SSSR count). The lowest BCUT2D eigenvalue weighted by atomic mass is 10.2. The second-order valence-electron chi connectivity index (χ2n) is 4.79. The zero-order valence-corrected chi connectivity index (χ0v) is 13.0. The Labute approximate surface area is 136 Å². The zero-order chi connectivity index (χ0) is 17.7. The van der Waals surface area contributed by atoms with E-state index in [1.54, 1.807) is 26.3 Å². The third-order valence-electron chi connectivity index (χ3n) is 2.99. The smallest absolute Gasteiger partial charge is 0.421 e. The number of nitrogens with zero attached hydrogens (tertiary/aromatic N) is 3. The Morgan fingerprint density at radius 1 is 1.21 bits per heavy atom. The molecule has 0 saturated carbocycles. The lowest BCUT2D eigenvalue weighted by Gasteiger charge is -2.12. The maximum Gasteiger partial charge on any atom is 0.421 e. The van der Waals surface area contributed by atoms with Gasteiger partial charge in [-0.3, -0.25) is 0 Å². The molecule has 130 valence electrons. The normalized spacial score (nSPS) is 11.4. The summed E-state index contributed by atoms with van der Waals surface area (Å²) >= 11 is 0. The number of methoxy groups -OCH3 is 1. The molecule has 0 amide bonds. The van der Waals surface area contributed by atoms with E-state index in [9.17, 15) is 13.2 Å². The van der Waals surface area contributed by atoms with Gasteiger partial charge < -0.3 is 20.5 Å². The molecular formula is C14H16F3N5O2. The van der Waals surface area contributed by atoms with Crippen molar-refractivity contribution < 1.29 is 22.6 Å². The molecule has 24 heavy (non-hydrogen) atoms. The van der Waals surface area contributed by atoms with E-state index in [0.717, 1.165) is 5.56 Å². The van der Waals surface area contributed by atoms with Crippen molar-refractivity contribution in [2.24, 2.45) is 0 Å². The van der Waals surface area contributed by atoms with Crippen LogP contribution in [0.4, 0.5) is 30.6 Å². The highest BCUT2D eigenvalue weighted by Gasteiger charge is 2.34. The number of pyridine rings is 1. The largest absolute Gasteiger partial charge is 0.475 e. The summed E-state index contributed by atoms with van der Waals surface area (Å²) in [7, 11) is 1.55. The summed E-state index contributed by atoms with van der Waals surface area (Å²) in [6.07, 6.45) is -2.41. The molecular weight excluding hydrogens is 327 g/mol. The molecule has 0 aliphatic carbocycles. The van der Waals surface area contributed by atoms with Gasteiger partial charge in [0.1, 0.15) is 18.0 Å². The highest BCUT2D eigenvalue weighted by molar-refractivity contribution is 5.60. The van der Waals surface area contributed by atoms with Crippen molar-refractivity contribution in [3.05, 3.63) is 29.6 Å². The van der Waals surface area contributed by atoms with Crippen LogP contribution in [0, 0.1) is 6.92 Å². The van der Waals surface area contributed by atoms with Gasteiger partial charge in [-0.2, -0.15) is 18.2 Å². The van der Waals surface area contributed by atoms with Crippen molar-refractivity contribution in [1.82, 2.24) is 15.0 Å². The van der Waals surface area contributed by atoms with E-state index < -0.39 is 17.6 Å². The number of anilines is 3. The topological polar surface area (TPSA) is 95.2 Å². The Morgan fingerprint density at radius 3 is 2.58 bits per heavy atom. The fourth-order valence-corrected chi connectivity index (χ4v) is 1.74. The molecule has 0 atom stereocenters. The van der Waals surface area contributed by atoms with Gasteiger partial charge in [0.15, 0.2) is 0 Å². The standard InChI is InChI=1S/C14H16F3N5O2/c1-8-6-19-11(24-4-3-23-2)5-10(8)21-13-20-7-9(12(18)22-13)14(15,16)17/h5-7H,3-4H2,1-2H3,(H3,18,19,20,21,22). The lowest BCUT2D eigenvalue weighted by Crippen LogP contribution is -2.12. The highest BCUT2D eigenvalue weighted by atomic mass is 19.4. The number of hydrogen-bond donors (Lipinski definition) is 2. The second kappa shape index (κ2) is 7.30. The van der Waals surface area contributed by atoms with Crippen molar-refractivity contribution in [2.75, 3.05) is 31.4 Å². The molecule has 0 spiro atoms. The van der Waals surface area contributed by atoms with Crippen LogP contribution < -0.4 is 15.8 Å². The van der Waals surface area contributed by atoms with Crippen LogP contribution >= 0.6 is 0 Å². The van der Waals surface area contributed by atoms with Crippen LogP contribution in [0.15, 0.2) is 18.5 Å². The van der Waals surface area contributed by atoms with E-state index in [-0.39, 0.29) is 5.95 Å². The number of nitrogens with two attached hydrogens (primary N) is 1. The lowest BCUT2D eigenvalue weighted by molar-refractivity contribution is -0.137. The number of aryl methyl sites for hydroxylation is 1. The van der Waals surface area contributed by atoms with Crippen LogP contribution in [0.25, 0.3) is 0 Å². The van der Waals surface area contributed by atoms with Gasteiger partial charge >= 0.3 is 6.18 Å². The predicted molar refractivity (Wildman–Crippen MR) is 81.1 cm³/mol. The fraction of sp³-hybridized carbons (Fsp3) is 0.357. The molecule has 0 unspecified atom stereocenters. The van der Waals surface area contributed by atoms with E-state index >= 15 is 0 Å². The first-order valence-corrected chi connectivity index (χ1v) is 6.86. The minimum atomic E-state index is -4.60. The summed E-state index contributed by atoms with van der Waals surface area (Å²) < 4.78 is 48.2. The minimum Gasteiger partial charge on any atom is -0.475 e. The number of ether oxygens (including phenoxy) is 2. The number of aromatic nitrogens is 3. The first-order valence-electron chi connectivity index (χ1n) is 6.86. The van der Waals surface area contributed by atoms with E-state index in [2.05, 4.69) is 20.3 Å². The van der Waals surface area contributed by atoms with Crippen molar-refractivity contribution in [3.63, 3.8) is 0 Å². The van der Waals surface area contributed by atoms with Crippen molar-refractivity contribution in [3.8, 4) is 5.88 Å². The van der Waals surface area contributed by atoms with Crippen LogP contribution in [0.2, 0.25) is 0 Å². The molecule has 0 saturated heterocycles. The van der Waals surface area contributed by atoms with Crippen LogP contribution in [-0.2, 0) is 10.9 Å². The van der Waals surface area contributed by atoms with Gasteiger partial charge in [0, 0.05) is 25.6 Å². The predicted octanol–water partition coefficient (Wildman–Crippen LogP) is 2.55. The van der Waals surface area contributed by atoms with Crippen LogP contribution in [0.3, 0.4) is 0 Å². The molecule has 0 aliphatic heterocycles. The monoisotopic (exact) mass is 343 g/mol. The minimum absolute atomic E-state index is 0.0577. The molecule has 0 bridgehead atoms. The summed E-state index contributed by atoms with van der Waals surface area (Å²) in [6.45, 7) is 2.48. The Bertz CT molecular complexity index is 709. The van der Waals surface area contributed by atoms with Gasteiger partial charge in [0.25, 0.3) is 0 Å². The first kappa shape index (κ1) is 17.7. The number of nitrogens with one attached hydrogen (secondary N) is 1. The molecule has 0 aromatic carbocycles. The third-order valence-corrected chi connectivity index (χ3v) is 2.99. The third kappa shape index (κ3) is 4.44. The summed E-state index contributed by atoms with van der Waals surface area (Å²) in [6, 6.07) is 1.59. The Balaban J connectivity index is 2.18. The van der Waals surface area contributed by atoms with Gasteiger partial charge in [0.2, 0.25) is 11.8 Å². The summed E-state index contributed by atoms with van der Waals surface area (Å²) in [5.41, 5.74) is 5.54. The van der Waals surface area contributed by atoms with E-state index in [1.165, 1.54) is 0 Å². The number of alkyl halides is 3. The molecule has 0 aliphatic rings. The SMILES string of the molecule is COCCOc1cc(Nc2ncc(C(F)(F)F)c(N)n2)c(C)cn1. The average Bonchev–Trinajstić information content (AvgIpc) is 2.49. The summed E-state index contributed by atoms with van der Waals surface area (Å²) in [4.78, 5) is 11.4. The Morgan fingerprint density at radius 2 is 1.96 bits per heavy atom. The van der Waals surface area contributed by atoms with Crippen LogP contribution in [0.1, 0.15) is 11.1 Å². The van der Waals surface area contributed by atoms with E-state index in [0.29, 0.717) is 31.0 Å². The van der Waals surface area contributed by atoms with Crippen LogP contribution in [0.5, 0.6) is 5.88 Å². The van der Waals surface area contributed by atoms with Gasteiger partial charge in [-0.05, 0) is 12.5 Å². The van der Waals surface area contributed by atoms with Crippen molar-refractivity contribution in [2.45, 2.75) is 13.1 Å². The van der Waals surface area contributed by atoms with Gasteiger partial charge in [0.05, 0.1) is 12.3 Å². The number of hydrogen-bond acceptors (Lipinski definition) is 7. The van der Waals surface area contributed by atoms with E-state index in [1.807, 2.05) is 0 Å². The maximum atomic E-state index is 12.7. The number of halogens is 3. The number of rotatable bonds is 6. The molecule has 3 N–H and O–H groups in total. The van der Waals surface area contributed by atoms with Crippen molar-refractivity contribution >= 4 is 17.5 Å². The van der Waals surface area contributed by atoms with E-state index in [4.69, 9.17) is 15.2 Å². The fourth-order valence-electron chi connectivity index (χ4n) is 1.74. The maximum absolute atomic E-state index is 12.7. The average molecular weight is 343 g/mol. The quantitative estimate of drug-likeness (QED) is 0.778. The summed E-state index contributed by atoms with van der Waals surface area (Å²) in [5.74, 6) is -0.374. The molecule has 2 aromatic rings. The van der Waals surface area contributed by atoms with Gasteiger partial charge in [-0.1, -0.05) is 0 Å². The molecule has 10 heteroatoms. The van der Waals surface area contributed by atoms with Crippen LogP contribution in [-0.4, -0.2) is 35.3 Å². The molecule has 7 nitrogen and oxygen atoms in total. The summed E-state index contributed by atoms with van der Waals surface area (Å²) in [5, 5.41) is 2.80. The van der Waals surface area contributed by atoms with Gasteiger partial charge in [-0.15, -0.1) is 0 Å². The first-order chi connectivity index (χ1) is 11.3. The zero-order valence-electron chi connectivity index (χ0n) is 13.0.